The molecule has 3 aromatic carbocycles. The third kappa shape index (κ3) is 4.72. The zero-order valence-corrected chi connectivity index (χ0v) is 21.5. The van der Waals surface area contributed by atoms with Crippen LogP contribution in [0.1, 0.15) is 45.2 Å². The van der Waals surface area contributed by atoms with E-state index in [9.17, 15) is 9.59 Å². The maximum absolute atomic E-state index is 13.2. The van der Waals surface area contributed by atoms with Crippen LogP contribution in [0.3, 0.4) is 0 Å². The van der Waals surface area contributed by atoms with Gasteiger partial charge in [0.05, 0.1) is 27.9 Å². The Hall–Kier alpha value is -3.48. The Bertz CT molecular complexity index is 1310. The number of fused-ring (bicyclic) bond motifs is 6. The highest BCUT2D eigenvalue weighted by molar-refractivity contribution is 6.12. The molecule has 0 saturated carbocycles. The average molecular weight is 480 g/mol. The molecule has 4 rings (SSSR count). The van der Waals surface area contributed by atoms with Crippen molar-refractivity contribution in [2.24, 2.45) is 0 Å². The van der Waals surface area contributed by atoms with Crippen molar-refractivity contribution in [1.82, 2.24) is 4.90 Å². The number of ether oxygens (including phenoxy) is 4. The van der Waals surface area contributed by atoms with Crippen LogP contribution in [-0.2, 0) is 22.5 Å². The number of ketones is 1. The molecule has 35 heavy (non-hydrogen) atoms. The van der Waals surface area contributed by atoms with Gasteiger partial charge in [0, 0.05) is 12.5 Å². The van der Waals surface area contributed by atoms with E-state index in [1.165, 1.54) is 0 Å². The highest BCUT2D eigenvalue weighted by Crippen LogP contribution is 2.43. The Morgan fingerprint density at radius 2 is 1.51 bits per heavy atom. The first kappa shape index (κ1) is 24.6. The molecule has 0 aromatic heterocycles. The molecule has 0 radical (unpaired) electrons. The second-order valence-corrected chi connectivity index (χ2v) is 9.99. The lowest BCUT2D eigenvalue weighted by molar-refractivity contribution is -0.118. The van der Waals surface area contributed by atoms with Crippen molar-refractivity contribution in [3.8, 4) is 17.2 Å². The second-order valence-electron chi connectivity index (χ2n) is 9.99. The van der Waals surface area contributed by atoms with Crippen LogP contribution in [0.15, 0.2) is 30.3 Å². The molecular weight excluding hydrogens is 446 g/mol. The van der Waals surface area contributed by atoms with Crippen LogP contribution in [-0.4, -0.2) is 49.7 Å². The van der Waals surface area contributed by atoms with Gasteiger partial charge in [0.15, 0.2) is 11.5 Å². The van der Waals surface area contributed by atoms with Gasteiger partial charge < -0.3 is 23.8 Å². The molecule has 3 aromatic rings. The zero-order valence-electron chi connectivity index (χ0n) is 21.5. The third-order valence-corrected chi connectivity index (χ3v) is 6.42. The number of rotatable bonds is 5. The summed E-state index contributed by atoms with van der Waals surface area (Å²) < 4.78 is 22.4. The van der Waals surface area contributed by atoms with Gasteiger partial charge >= 0.3 is 6.09 Å². The van der Waals surface area contributed by atoms with Gasteiger partial charge in [-0.3, -0.25) is 4.79 Å². The Morgan fingerprint density at radius 3 is 2.09 bits per heavy atom. The molecule has 0 N–H and O–H groups in total. The molecule has 7 nitrogen and oxygen atoms in total. The SMILES string of the molecule is COc1ccc2c3c(c4cc(OC)c(OC)cc4c2c1)CC(CC(C)=O)N(C(=O)OC(C)(C)C)C3. The molecule has 1 aliphatic heterocycles. The van der Waals surface area contributed by atoms with E-state index in [-0.39, 0.29) is 18.2 Å². The molecular formula is C28H33NO6. The number of nitrogens with zero attached hydrogens (tertiary/aromatic N) is 1. The molecule has 0 fully saturated rings. The minimum atomic E-state index is -0.638. The Kier molecular flexibility index (Phi) is 6.54. The van der Waals surface area contributed by atoms with E-state index in [1.54, 1.807) is 33.2 Å². The van der Waals surface area contributed by atoms with Crippen LogP contribution in [0.2, 0.25) is 0 Å². The summed E-state index contributed by atoms with van der Waals surface area (Å²) in [6.07, 6.45) is 0.374. The number of hydrogen-bond acceptors (Lipinski definition) is 6. The van der Waals surface area contributed by atoms with Crippen molar-refractivity contribution in [2.75, 3.05) is 21.3 Å². The fourth-order valence-electron chi connectivity index (χ4n) is 4.92. The third-order valence-electron chi connectivity index (χ3n) is 6.42. The first-order chi connectivity index (χ1) is 16.6. The van der Waals surface area contributed by atoms with Crippen molar-refractivity contribution < 1.29 is 28.5 Å². The maximum atomic E-state index is 13.2. The van der Waals surface area contributed by atoms with Crippen molar-refractivity contribution >= 4 is 33.4 Å². The summed E-state index contributed by atoms with van der Waals surface area (Å²) in [6.45, 7) is 7.43. The van der Waals surface area contributed by atoms with E-state index in [2.05, 4.69) is 0 Å². The number of methoxy groups -OCH3 is 3. The molecule has 0 spiro atoms. The number of amides is 1. The maximum Gasteiger partial charge on any atom is 0.410 e. The van der Waals surface area contributed by atoms with Crippen molar-refractivity contribution in [3.63, 3.8) is 0 Å². The molecule has 1 heterocycles. The van der Waals surface area contributed by atoms with E-state index in [1.807, 2.05) is 51.1 Å². The van der Waals surface area contributed by atoms with Crippen LogP contribution in [0, 0.1) is 0 Å². The van der Waals surface area contributed by atoms with Gasteiger partial charge in [0.1, 0.15) is 17.1 Å². The number of hydrogen-bond donors (Lipinski definition) is 0. The van der Waals surface area contributed by atoms with Crippen molar-refractivity contribution in [2.45, 2.75) is 58.7 Å². The van der Waals surface area contributed by atoms with Crippen LogP contribution in [0.5, 0.6) is 17.2 Å². The van der Waals surface area contributed by atoms with Crippen LogP contribution < -0.4 is 14.2 Å². The van der Waals surface area contributed by atoms with Gasteiger partial charge in [-0.2, -0.15) is 0 Å². The summed E-state index contributed by atoms with van der Waals surface area (Å²) in [6, 6.07) is 9.62. The first-order valence-electron chi connectivity index (χ1n) is 11.7. The molecule has 1 aliphatic rings. The van der Waals surface area contributed by atoms with Crippen LogP contribution in [0.4, 0.5) is 4.79 Å². The van der Waals surface area contributed by atoms with E-state index < -0.39 is 11.7 Å². The lowest BCUT2D eigenvalue weighted by Gasteiger charge is -2.38. The predicted octanol–water partition coefficient (Wildman–Crippen LogP) is 5.66. The Balaban J connectivity index is 2.00. The van der Waals surface area contributed by atoms with Crippen molar-refractivity contribution in [3.05, 3.63) is 41.5 Å². The number of Topliss-reactive ketones (excluding diaryl/α,β-unsaturated/α-hetero) is 1. The van der Waals surface area contributed by atoms with Gasteiger partial charge in [-0.15, -0.1) is 0 Å². The molecule has 0 aliphatic carbocycles. The summed E-state index contributed by atoms with van der Waals surface area (Å²) in [5, 5.41) is 4.03. The average Bonchev–Trinajstić information content (AvgIpc) is 2.81. The highest BCUT2D eigenvalue weighted by Gasteiger charge is 2.35. The van der Waals surface area contributed by atoms with Gasteiger partial charge in [0.2, 0.25) is 0 Å². The second kappa shape index (κ2) is 9.29. The fraction of sp³-hybridized carbons (Fsp3) is 0.429. The fourth-order valence-corrected chi connectivity index (χ4v) is 4.92. The molecule has 1 atom stereocenters. The summed E-state index contributed by atoms with van der Waals surface area (Å²) in [5.74, 6) is 2.03. The predicted molar refractivity (Wildman–Crippen MR) is 136 cm³/mol. The summed E-state index contributed by atoms with van der Waals surface area (Å²) in [7, 11) is 4.87. The van der Waals surface area contributed by atoms with Crippen LogP contribution in [0.25, 0.3) is 21.5 Å². The summed E-state index contributed by atoms with van der Waals surface area (Å²) in [4.78, 5) is 27.1. The lowest BCUT2D eigenvalue weighted by atomic mass is 9.84. The van der Waals surface area contributed by atoms with E-state index in [0.29, 0.717) is 24.5 Å². The number of carbonyl (C=O) groups is 2. The smallest absolute Gasteiger partial charge is 0.410 e. The first-order valence-corrected chi connectivity index (χ1v) is 11.7. The largest absolute Gasteiger partial charge is 0.497 e. The summed E-state index contributed by atoms with van der Waals surface area (Å²) in [5.41, 5.74) is 1.50. The van der Waals surface area contributed by atoms with Gasteiger partial charge in [-0.25, -0.2) is 4.79 Å². The lowest BCUT2D eigenvalue weighted by Crippen LogP contribution is -2.47. The minimum absolute atomic E-state index is 0.0288. The van der Waals surface area contributed by atoms with Gasteiger partial charge in [-0.1, -0.05) is 6.07 Å². The molecule has 7 heteroatoms. The normalized spacial score (nSPS) is 15.6. The van der Waals surface area contributed by atoms with Crippen molar-refractivity contribution in [1.29, 1.82) is 0 Å². The van der Waals surface area contributed by atoms with E-state index >= 15 is 0 Å². The topological polar surface area (TPSA) is 74.3 Å². The Morgan fingerprint density at radius 1 is 0.886 bits per heavy atom. The van der Waals surface area contributed by atoms with Gasteiger partial charge in [0.25, 0.3) is 0 Å². The molecule has 0 bridgehead atoms. The van der Waals surface area contributed by atoms with E-state index in [0.717, 1.165) is 38.4 Å². The van der Waals surface area contributed by atoms with Gasteiger partial charge in [-0.05, 0) is 91.1 Å². The quantitative estimate of drug-likeness (QED) is 0.440. The Labute approximate surface area is 205 Å². The number of benzene rings is 3. The molecule has 0 saturated heterocycles. The molecule has 1 unspecified atom stereocenters. The van der Waals surface area contributed by atoms with E-state index in [4.69, 9.17) is 18.9 Å². The molecule has 1 amide bonds. The molecule has 186 valence electrons. The number of carbonyl (C=O) groups excluding carboxylic acids is 2. The van der Waals surface area contributed by atoms with Crippen LogP contribution >= 0.6 is 0 Å². The standard InChI is InChI=1S/C28H33NO6/c1-16(30)10-17-11-20-22-13-25(33-6)26(34-7)14-23(22)21-12-18(32-5)8-9-19(21)24(20)15-29(17)27(31)35-28(2,3)4/h8-9,12-14,17H,10-11,15H2,1-7H3. The summed E-state index contributed by atoms with van der Waals surface area (Å²) >= 11 is 0. The minimum Gasteiger partial charge on any atom is -0.497 e. The monoisotopic (exact) mass is 479 g/mol. The zero-order chi connectivity index (χ0) is 25.5. The highest BCUT2D eigenvalue weighted by atomic mass is 16.6.